The highest BCUT2D eigenvalue weighted by molar-refractivity contribution is 7.91. The van der Waals surface area contributed by atoms with Gasteiger partial charge in [0, 0.05) is 23.7 Å². The first-order valence-electron chi connectivity index (χ1n) is 8.02. The predicted molar refractivity (Wildman–Crippen MR) is 95.5 cm³/mol. The number of nitro groups is 1. The maximum absolute atomic E-state index is 12.6. The zero-order valence-electron chi connectivity index (χ0n) is 14.3. The number of nitro benzene ring substituents is 1. The van der Waals surface area contributed by atoms with E-state index in [1.807, 2.05) is 13.8 Å². The average molecular weight is 374 g/mol. The van der Waals surface area contributed by atoms with Gasteiger partial charge in [-0.15, -0.1) is 0 Å². The molecular weight excluding hydrogens is 356 g/mol. The fourth-order valence-corrected chi connectivity index (χ4v) is 4.01. The molecule has 0 heterocycles. The molecule has 2 aromatic carbocycles. The van der Waals surface area contributed by atoms with Crippen LogP contribution in [0.25, 0.3) is 0 Å². The summed E-state index contributed by atoms with van der Waals surface area (Å²) in [7, 11) is -3.78. The summed E-state index contributed by atoms with van der Waals surface area (Å²) in [6.07, 6.45) is 0.839. The van der Waals surface area contributed by atoms with Gasteiger partial charge in [-0.05, 0) is 48.2 Å². The Hall–Kier alpha value is -2.74. The molecule has 1 N–H and O–H groups in total. The molecule has 0 spiro atoms. The summed E-state index contributed by atoms with van der Waals surface area (Å²) in [6, 6.07) is 10.6. The number of amides is 1. The van der Waals surface area contributed by atoms with Gasteiger partial charge in [0.25, 0.3) is 5.69 Å². The number of hydrogen-bond donors (Lipinski definition) is 1. The number of nitrogens with zero attached hydrogens (tertiary/aromatic N) is 1. The predicted octanol–water partition coefficient (Wildman–Crippen LogP) is 3.41. The molecule has 0 aromatic heterocycles. The van der Waals surface area contributed by atoms with E-state index in [4.69, 9.17) is 0 Å². The summed E-state index contributed by atoms with van der Waals surface area (Å²) in [5.41, 5.74) is 0.369. The molecule has 7 nitrogen and oxygen atoms in total. The fourth-order valence-electron chi connectivity index (χ4n) is 2.74. The Kier molecular flexibility index (Phi) is 4.31. The fraction of sp³-hybridized carbons (Fsp3) is 0.278. The van der Waals surface area contributed by atoms with Gasteiger partial charge in [-0.3, -0.25) is 14.9 Å². The minimum atomic E-state index is -3.78. The van der Waals surface area contributed by atoms with Crippen LogP contribution in [0.5, 0.6) is 0 Å². The van der Waals surface area contributed by atoms with Gasteiger partial charge in [0.05, 0.1) is 14.7 Å². The number of nitrogens with one attached hydrogen (secondary N) is 1. The third-order valence-corrected chi connectivity index (χ3v) is 6.41. The van der Waals surface area contributed by atoms with E-state index in [-0.39, 0.29) is 32.7 Å². The quantitative estimate of drug-likeness (QED) is 0.637. The highest BCUT2D eigenvalue weighted by atomic mass is 32.2. The van der Waals surface area contributed by atoms with Crippen LogP contribution in [-0.2, 0) is 14.6 Å². The monoisotopic (exact) mass is 374 g/mol. The first-order chi connectivity index (χ1) is 12.1. The van der Waals surface area contributed by atoms with E-state index in [1.54, 1.807) is 0 Å². The van der Waals surface area contributed by atoms with Gasteiger partial charge in [0.15, 0.2) is 0 Å². The lowest BCUT2D eigenvalue weighted by Gasteiger charge is -2.08. The second-order valence-electron chi connectivity index (χ2n) is 7.01. The van der Waals surface area contributed by atoms with E-state index in [0.717, 1.165) is 18.6 Å². The van der Waals surface area contributed by atoms with Gasteiger partial charge in [0.2, 0.25) is 15.7 Å². The zero-order valence-corrected chi connectivity index (χ0v) is 15.1. The highest BCUT2D eigenvalue weighted by Crippen LogP contribution is 2.52. The van der Waals surface area contributed by atoms with Crippen molar-refractivity contribution >= 4 is 27.1 Å². The minimum absolute atomic E-state index is 0.0171. The summed E-state index contributed by atoms with van der Waals surface area (Å²) < 4.78 is 25.2. The number of carbonyl (C=O) groups is 1. The molecule has 0 aliphatic heterocycles. The average Bonchev–Trinajstić information content (AvgIpc) is 3.24. The van der Waals surface area contributed by atoms with E-state index in [2.05, 4.69) is 5.32 Å². The Labute approximate surface area is 151 Å². The molecule has 1 saturated carbocycles. The van der Waals surface area contributed by atoms with Crippen molar-refractivity contribution in [2.75, 3.05) is 5.32 Å². The topological polar surface area (TPSA) is 106 Å². The van der Waals surface area contributed by atoms with E-state index in [1.165, 1.54) is 36.4 Å². The molecule has 1 unspecified atom stereocenters. The van der Waals surface area contributed by atoms with Crippen LogP contribution in [0.1, 0.15) is 20.3 Å². The van der Waals surface area contributed by atoms with Crippen LogP contribution in [0.4, 0.5) is 11.4 Å². The molecule has 8 heteroatoms. The van der Waals surface area contributed by atoms with Gasteiger partial charge < -0.3 is 5.32 Å². The largest absolute Gasteiger partial charge is 0.326 e. The zero-order chi connectivity index (χ0) is 19.1. The van der Waals surface area contributed by atoms with Crippen molar-refractivity contribution < 1.29 is 18.1 Å². The number of hydrogen-bond acceptors (Lipinski definition) is 5. The van der Waals surface area contributed by atoms with Crippen LogP contribution in [0.3, 0.4) is 0 Å². The summed E-state index contributed by atoms with van der Waals surface area (Å²) in [5, 5.41) is 13.5. The number of sulfone groups is 1. The maximum Gasteiger partial charge on any atom is 0.269 e. The lowest BCUT2D eigenvalue weighted by molar-refractivity contribution is -0.384. The van der Waals surface area contributed by atoms with Crippen LogP contribution < -0.4 is 5.32 Å². The molecule has 1 aliphatic carbocycles. The lowest BCUT2D eigenvalue weighted by atomic mass is 10.1. The van der Waals surface area contributed by atoms with Gasteiger partial charge in [-0.2, -0.15) is 0 Å². The minimum Gasteiger partial charge on any atom is -0.326 e. The summed E-state index contributed by atoms with van der Waals surface area (Å²) >= 11 is 0. The molecule has 0 saturated heterocycles. The van der Waals surface area contributed by atoms with Crippen molar-refractivity contribution in [1.29, 1.82) is 0 Å². The van der Waals surface area contributed by atoms with Crippen LogP contribution in [0.2, 0.25) is 0 Å². The second-order valence-corrected chi connectivity index (χ2v) is 8.96. The Bertz CT molecular complexity index is 964. The normalized spacial score (nSPS) is 18.2. The molecule has 136 valence electrons. The Morgan fingerprint density at radius 3 is 1.96 bits per heavy atom. The van der Waals surface area contributed by atoms with Crippen molar-refractivity contribution in [3.8, 4) is 0 Å². The molecule has 1 aliphatic rings. The molecule has 1 atom stereocenters. The highest BCUT2D eigenvalue weighted by Gasteiger charge is 2.50. The SMILES string of the molecule is CC1(C)CC1C(=O)Nc1ccc(S(=O)(=O)c2ccc([N+](=O)[O-])cc2)cc1. The Morgan fingerprint density at radius 2 is 1.54 bits per heavy atom. The van der Waals surface area contributed by atoms with Crippen molar-refractivity contribution in [3.05, 3.63) is 58.6 Å². The van der Waals surface area contributed by atoms with E-state index in [9.17, 15) is 23.3 Å². The number of non-ortho nitro benzene ring substituents is 1. The smallest absolute Gasteiger partial charge is 0.269 e. The molecule has 0 bridgehead atoms. The van der Waals surface area contributed by atoms with E-state index >= 15 is 0 Å². The molecule has 3 rings (SSSR count). The second kappa shape index (κ2) is 6.21. The van der Waals surface area contributed by atoms with Crippen molar-refractivity contribution in [2.45, 2.75) is 30.1 Å². The molecular formula is C18H18N2O5S. The lowest BCUT2D eigenvalue weighted by Crippen LogP contribution is -2.16. The summed E-state index contributed by atoms with van der Waals surface area (Å²) in [4.78, 5) is 22.2. The van der Waals surface area contributed by atoms with Gasteiger partial charge in [-0.1, -0.05) is 13.8 Å². The van der Waals surface area contributed by atoms with Crippen molar-refractivity contribution in [1.82, 2.24) is 0 Å². The molecule has 1 amide bonds. The van der Waals surface area contributed by atoms with Crippen LogP contribution in [0, 0.1) is 21.4 Å². The first-order valence-corrected chi connectivity index (χ1v) is 9.50. The van der Waals surface area contributed by atoms with E-state index in [0.29, 0.717) is 5.69 Å². The standard InChI is InChI=1S/C18H18N2O5S/c1-18(2)11-16(18)17(21)19-12-3-7-14(8-4-12)26(24,25)15-9-5-13(6-10-15)20(22)23/h3-10,16H,11H2,1-2H3,(H,19,21). The van der Waals surface area contributed by atoms with Crippen LogP contribution in [-0.4, -0.2) is 19.2 Å². The van der Waals surface area contributed by atoms with Crippen LogP contribution >= 0.6 is 0 Å². The van der Waals surface area contributed by atoms with E-state index < -0.39 is 14.8 Å². The third kappa shape index (κ3) is 3.45. The number of rotatable bonds is 5. The number of benzene rings is 2. The summed E-state index contributed by atoms with van der Waals surface area (Å²) in [6.45, 7) is 4.05. The van der Waals surface area contributed by atoms with Gasteiger partial charge in [-0.25, -0.2) is 8.42 Å². The Balaban J connectivity index is 1.76. The number of anilines is 1. The molecule has 0 radical (unpaired) electrons. The van der Waals surface area contributed by atoms with Gasteiger partial charge in [0.1, 0.15) is 0 Å². The summed E-state index contributed by atoms with van der Waals surface area (Å²) in [5.74, 6) is -0.0907. The molecule has 2 aromatic rings. The molecule has 26 heavy (non-hydrogen) atoms. The van der Waals surface area contributed by atoms with Gasteiger partial charge >= 0.3 is 0 Å². The number of carbonyl (C=O) groups excluding carboxylic acids is 1. The Morgan fingerprint density at radius 1 is 1.08 bits per heavy atom. The van der Waals surface area contributed by atoms with Crippen molar-refractivity contribution in [2.24, 2.45) is 11.3 Å². The third-order valence-electron chi connectivity index (χ3n) is 4.62. The molecule has 1 fully saturated rings. The maximum atomic E-state index is 12.6. The van der Waals surface area contributed by atoms with Crippen molar-refractivity contribution in [3.63, 3.8) is 0 Å². The first kappa shape index (κ1) is 18.1. The van der Waals surface area contributed by atoms with Crippen LogP contribution in [0.15, 0.2) is 58.3 Å².